The predicted octanol–water partition coefficient (Wildman–Crippen LogP) is 1.97. The molecule has 0 radical (unpaired) electrons. The van der Waals surface area contributed by atoms with Crippen molar-refractivity contribution in [1.29, 1.82) is 0 Å². The second kappa shape index (κ2) is 8.37. The van der Waals surface area contributed by atoms with Gasteiger partial charge in [-0.15, -0.1) is 0 Å². The number of likely N-dealkylation sites (tertiary alicyclic amines) is 1. The molecule has 3 aliphatic rings. The summed E-state index contributed by atoms with van der Waals surface area (Å²) in [6.07, 6.45) is 5.95. The highest BCUT2D eigenvalue weighted by Crippen LogP contribution is 2.37. The van der Waals surface area contributed by atoms with Gasteiger partial charge in [-0.1, -0.05) is 13.3 Å². The van der Waals surface area contributed by atoms with E-state index < -0.39 is 35.7 Å². The van der Waals surface area contributed by atoms with Gasteiger partial charge < -0.3 is 14.2 Å². The summed E-state index contributed by atoms with van der Waals surface area (Å²) in [6, 6.07) is 0. The van der Waals surface area contributed by atoms with E-state index in [1.807, 2.05) is 11.8 Å². The molecule has 26 heavy (non-hydrogen) atoms. The number of nitrogens with zero attached hydrogens (tertiary/aromatic N) is 1. The average Bonchev–Trinajstić information content (AvgIpc) is 3.23. The average molecular weight is 367 g/mol. The van der Waals surface area contributed by atoms with E-state index in [0.29, 0.717) is 0 Å². The normalized spacial score (nSPS) is 28.6. The van der Waals surface area contributed by atoms with Crippen molar-refractivity contribution in [1.82, 2.24) is 4.90 Å². The number of cyclic esters (lactones) is 1. The first kappa shape index (κ1) is 19.1. The Morgan fingerprint density at radius 2 is 1.85 bits per heavy atom. The van der Waals surface area contributed by atoms with Gasteiger partial charge in [-0.25, -0.2) is 9.59 Å². The van der Waals surface area contributed by atoms with E-state index in [-0.39, 0.29) is 13.0 Å². The number of carbonyl (C=O) groups excluding carboxylic acids is 3. The highest BCUT2D eigenvalue weighted by atomic mass is 16.6. The number of rotatable bonds is 6. The number of carbonyl (C=O) groups is 3. The molecule has 146 valence electrons. The van der Waals surface area contributed by atoms with Crippen LogP contribution in [-0.4, -0.2) is 60.3 Å². The standard InChI is InChI=1S/C19H29NO6/c1-2-19(8-4-5-9-19)26-18(23)15-12-14(17(22)25-15)24-16(21)13-20-10-6-3-7-11-20/h14-15H,2-13H2,1H3. The third-order valence-electron chi connectivity index (χ3n) is 5.76. The SMILES string of the molecule is CCC1(OC(=O)C2CC(OC(=O)CN3CCCCC3)C(=O)O2)CCCC1. The van der Waals surface area contributed by atoms with Crippen molar-refractivity contribution >= 4 is 17.9 Å². The van der Waals surface area contributed by atoms with E-state index in [4.69, 9.17) is 14.2 Å². The lowest BCUT2D eigenvalue weighted by molar-refractivity contribution is -0.175. The molecule has 2 saturated heterocycles. The zero-order valence-electron chi connectivity index (χ0n) is 15.5. The molecule has 2 aliphatic heterocycles. The lowest BCUT2D eigenvalue weighted by Gasteiger charge is -2.28. The molecule has 0 bridgehead atoms. The van der Waals surface area contributed by atoms with Crippen molar-refractivity contribution in [2.45, 2.75) is 82.5 Å². The maximum absolute atomic E-state index is 12.4. The minimum absolute atomic E-state index is 0.0448. The summed E-state index contributed by atoms with van der Waals surface area (Å²) >= 11 is 0. The van der Waals surface area contributed by atoms with Crippen LogP contribution in [0.5, 0.6) is 0 Å². The van der Waals surface area contributed by atoms with Crippen LogP contribution in [0.1, 0.15) is 64.7 Å². The fourth-order valence-corrected chi connectivity index (χ4v) is 4.12. The number of esters is 3. The van der Waals surface area contributed by atoms with Gasteiger partial charge in [0.15, 0.2) is 0 Å². The van der Waals surface area contributed by atoms with E-state index in [2.05, 4.69) is 0 Å². The molecule has 0 spiro atoms. The molecule has 0 aromatic heterocycles. The van der Waals surface area contributed by atoms with Gasteiger partial charge in [0.25, 0.3) is 0 Å². The monoisotopic (exact) mass is 367 g/mol. The summed E-state index contributed by atoms with van der Waals surface area (Å²) in [6.45, 7) is 3.93. The Bertz CT molecular complexity index is 536. The molecule has 0 amide bonds. The highest BCUT2D eigenvalue weighted by Gasteiger charge is 2.45. The van der Waals surface area contributed by atoms with Gasteiger partial charge in [-0.2, -0.15) is 0 Å². The van der Waals surface area contributed by atoms with Crippen molar-refractivity contribution in [3.05, 3.63) is 0 Å². The number of ether oxygens (including phenoxy) is 3. The largest absolute Gasteiger partial charge is 0.456 e. The summed E-state index contributed by atoms with van der Waals surface area (Å²) in [4.78, 5) is 38.5. The molecule has 7 heteroatoms. The Balaban J connectivity index is 1.48. The van der Waals surface area contributed by atoms with Crippen LogP contribution >= 0.6 is 0 Å². The Labute approximate surface area is 154 Å². The number of piperidine rings is 1. The summed E-state index contributed by atoms with van der Waals surface area (Å²) in [5.74, 6) is -1.61. The molecular formula is C19H29NO6. The zero-order valence-corrected chi connectivity index (χ0v) is 15.5. The van der Waals surface area contributed by atoms with E-state index in [1.54, 1.807) is 0 Å². The fraction of sp³-hybridized carbons (Fsp3) is 0.842. The molecule has 1 aliphatic carbocycles. The Hall–Kier alpha value is -1.63. The third-order valence-corrected chi connectivity index (χ3v) is 5.76. The molecule has 3 rings (SSSR count). The molecule has 2 unspecified atom stereocenters. The van der Waals surface area contributed by atoms with Gasteiger partial charge in [-0.05, 0) is 58.0 Å². The fourth-order valence-electron chi connectivity index (χ4n) is 4.12. The first-order chi connectivity index (χ1) is 12.5. The van der Waals surface area contributed by atoms with Gasteiger partial charge >= 0.3 is 17.9 Å². The van der Waals surface area contributed by atoms with E-state index >= 15 is 0 Å². The highest BCUT2D eigenvalue weighted by molar-refractivity contribution is 5.87. The molecule has 0 N–H and O–H groups in total. The maximum atomic E-state index is 12.4. The zero-order chi connectivity index (χ0) is 18.6. The lowest BCUT2D eigenvalue weighted by Crippen LogP contribution is -2.37. The molecule has 2 atom stereocenters. The second-order valence-electron chi connectivity index (χ2n) is 7.64. The Morgan fingerprint density at radius 1 is 1.15 bits per heavy atom. The Kier molecular flexibility index (Phi) is 6.16. The smallest absolute Gasteiger partial charge is 0.348 e. The van der Waals surface area contributed by atoms with Gasteiger partial charge in [0, 0.05) is 6.42 Å². The Morgan fingerprint density at radius 3 is 2.50 bits per heavy atom. The van der Waals surface area contributed by atoms with Crippen molar-refractivity contribution in [3.63, 3.8) is 0 Å². The van der Waals surface area contributed by atoms with Gasteiger partial charge in [0.2, 0.25) is 12.2 Å². The molecule has 7 nitrogen and oxygen atoms in total. The quantitative estimate of drug-likeness (QED) is 0.524. The van der Waals surface area contributed by atoms with Crippen molar-refractivity contribution in [2.75, 3.05) is 19.6 Å². The summed E-state index contributed by atoms with van der Waals surface area (Å²) in [5, 5.41) is 0. The van der Waals surface area contributed by atoms with Gasteiger partial charge in [0.05, 0.1) is 6.54 Å². The van der Waals surface area contributed by atoms with E-state index in [0.717, 1.165) is 58.0 Å². The molecule has 0 aromatic carbocycles. The van der Waals surface area contributed by atoms with Crippen LogP contribution in [-0.2, 0) is 28.6 Å². The topological polar surface area (TPSA) is 82.1 Å². The molecule has 0 aromatic rings. The van der Waals surface area contributed by atoms with Crippen LogP contribution < -0.4 is 0 Å². The van der Waals surface area contributed by atoms with Crippen molar-refractivity contribution in [2.24, 2.45) is 0 Å². The molecular weight excluding hydrogens is 338 g/mol. The van der Waals surface area contributed by atoms with Crippen LogP contribution in [0.4, 0.5) is 0 Å². The summed E-state index contributed by atoms with van der Waals surface area (Å²) in [7, 11) is 0. The van der Waals surface area contributed by atoms with E-state index in [1.165, 1.54) is 6.42 Å². The van der Waals surface area contributed by atoms with Crippen LogP contribution in [0, 0.1) is 0 Å². The second-order valence-corrected chi connectivity index (χ2v) is 7.64. The minimum Gasteiger partial charge on any atom is -0.456 e. The maximum Gasteiger partial charge on any atom is 0.348 e. The predicted molar refractivity (Wildman–Crippen MR) is 92.3 cm³/mol. The summed E-state index contributed by atoms with van der Waals surface area (Å²) < 4.78 is 16.1. The van der Waals surface area contributed by atoms with Gasteiger partial charge in [0.1, 0.15) is 5.60 Å². The molecule has 2 heterocycles. The van der Waals surface area contributed by atoms with Crippen LogP contribution in [0.3, 0.4) is 0 Å². The molecule has 1 saturated carbocycles. The van der Waals surface area contributed by atoms with Crippen LogP contribution in [0.25, 0.3) is 0 Å². The number of hydrogen-bond acceptors (Lipinski definition) is 7. The first-order valence-electron chi connectivity index (χ1n) is 9.86. The van der Waals surface area contributed by atoms with Crippen LogP contribution in [0.2, 0.25) is 0 Å². The van der Waals surface area contributed by atoms with E-state index in [9.17, 15) is 14.4 Å². The molecule has 3 fully saturated rings. The lowest BCUT2D eigenvalue weighted by atomic mass is 9.98. The minimum atomic E-state index is -1.01. The number of hydrogen-bond donors (Lipinski definition) is 0. The summed E-state index contributed by atoms with van der Waals surface area (Å²) in [5.41, 5.74) is -0.424. The van der Waals surface area contributed by atoms with Crippen molar-refractivity contribution in [3.8, 4) is 0 Å². The first-order valence-corrected chi connectivity index (χ1v) is 9.86. The van der Waals surface area contributed by atoms with Crippen molar-refractivity contribution < 1.29 is 28.6 Å². The third kappa shape index (κ3) is 4.55. The van der Waals surface area contributed by atoms with Crippen LogP contribution in [0.15, 0.2) is 0 Å². The van der Waals surface area contributed by atoms with Gasteiger partial charge in [-0.3, -0.25) is 9.69 Å².